The zero-order valence-electron chi connectivity index (χ0n) is 19.4. The van der Waals surface area contributed by atoms with Gasteiger partial charge < -0.3 is 14.4 Å². The van der Waals surface area contributed by atoms with Crippen molar-refractivity contribution in [2.24, 2.45) is 18.4 Å². The van der Waals surface area contributed by atoms with E-state index in [-0.39, 0.29) is 29.8 Å². The largest absolute Gasteiger partial charge is 0.353 e. The number of carbonyl (C=O) groups is 2. The normalized spacial score (nSPS) is 15.6. The van der Waals surface area contributed by atoms with Gasteiger partial charge in [-0.3, -0.25) is 9.59 Å². The number of hydrogen-bond acceptors (Lipinski definition) is 2. The van der Waals surface area contributed by atoms with Gasteiger partial charge in [0.15, 0.2) is 0 Å². The van der Waals surface area contributed by atoms with Gasteiger partial charge in [0, 0.05) is 37.9 Å². The lowest BCUT2D eigenvalue weighted by Crippen LogP contribution is -2.49. The van der Waals surface area contributed by atoms with Crippen molar-refractivity contribution in [3.8, 4) is 0 Å². The SMILES string of the molecule is CC(C)CN(Cc1cccn1C)C(=O)CN(C(=O)CC(C)(C)C)C1CCCCC1. The monoisotopic (exact) mass is 403 g/mol. The van der Waals surface area contributed by atoms with Crippen molar-refractivity contribution in [3.63, 3.8) is 0 Å². The predicted molar refractivity (Wildman–Crippen MR) is 118 cm³/mol. The molecule has 2 amide bonds. The second-order valence-electron chi connectivity index (χ2n) is 10.3. The Balaban J connectivity index is 2.17. The van der Waals surface area contributed by atoms with E-state index in [1.807, 2.05) is 29.1 Å². The molecular weight excluding hydrogens is 362 g/mol. The Morgan fingerprint density at radius 1 is 1.14 bits per heavy atom. The van der Waals surface area contributed by atoms with Crippen LogP contribution < -0.4 is 0 Å². The number of rotatable bonds is 8. The topological polar surface area (TPSA) is 45.6 Å². The first-order valence-electron chi connectivity index (χ1n) is 11.2. The zero-order chi connectivity index (χ0) is 21.6. The van der Waals surface area contributed by atoms with Crippen LogP contribution in [0.1, 0.15) is 78.8 Å². The molecule has 1 aromatic heterocycles. The lowest BCUT2D eigenvalue weighted by molar-refractivity contribution is -0.145. The summed E-state index contributed by atoms with van der Waals surface area (Å²) in [7, 11) is 2.01. The van der Waals surface area contributed by atoms with Crippen LogP contribution in [0, 0.1) is 11.3 Å². The van der Waals surface area contributed by atoms with Crippen molar-refractivity contribution in [2.45, 2.75) is 85.7 Å². The lowest BCUT2D eigenvalue weighted by Gasteiger charge is -2.37. The van der Waals surface area contributed by atoms with Crippen LogP contribution in [-0.4, -0.2) is 45.3 Å². The molecule has 0 unspecified atom stereocenters. The highest BCUT2D eigenvalue weighted by Gasteiger charge is 2.31. The van der Waals surface area contributed by atoms with Crippen LogP contribution in [0.2, 0.25) is 0 Å². The molecule has 0 spiro atoms. The average Bonchev–Trinajstić information content (AvgIpc) is 3.02. The summed E-state index contributed by atoms with van der Waals surface area (Å²) in [5.74, 6) is 0.571. The van der Waals surface area contributed by atoms with Gasteiger partial charge in [-0.15, -0.1) is 0 Å². The van der Waals surface area contributed by atoms with E-state index in [4.69, 9.17) is 0 Å². The Hall–Kier alpha value is -1.78. The lowest BCUT2D eigenvalue weighted by atomic mass is 9.89. The van der Waals surface area contributed by atoms with Gasteiger partial charge >= 0.3 is 0 Å². The first-order valence-corrected chi connectivity index (χ1v) is 11.2. The molecule has 164 valence electrons. The maximum Gasteiger partial charge on any atom is 0.242 e. The summed E-state index contributed by atoms with van der Waals surface area (Å²) >= 11 is 0. The Labute approximate surface area is 177 Å². The third-order valence-corrected chi connectivity index (χ3v) is 5.67. The minimum atomic E-state index is -0.0757. The molecule has 0 radical (unpaired) electrons. The molecule has 0 aliphatic heterocycles. The smallest absolute Gasteiger partial charge is 0.242 e. The third kappa shape index (κ3) is 7.52. The number of carbonyl (C=O) groups excluding carboxylic acids is 2. The second kappa shape index (κ2) is 10.3. The van der Waals surface area contributed by atoms with Gasteiger partial charge in [-0.2, -0.15) is 0 Å². The third-order valence-electron chi connectivity index (χ3n) is 5.67. The van der Waals surface area contributed by atoms with Crippen molar-refractivity contribution in [1.29, 1.82) is 0 Å². The fourth-order valence-electron chi connectivity index (χ4n) is 4.17. The van der Waals surface area contributed by atoms with Crippen LogP contribution in [0.25, 0.3) is 0 Å². The quantitative estimate of drug-likeness (QED) is 0.636. The minimum absolute atomic E-state index is 0.0627. The Kier molecular flexibility index (Phi) is 8.35. The maximum absolute atomic E-state index is 13.4. The van der Waals surface area contributed by atoms with Gasteiger partial charge in [-0.05, 0) is 36.3 Å². The highest BCUT2D eigenvalue weighted by Crippen LogP contribution is 2.26. The molecule has 1 saturated carbocycles. The van der Waals surface area contributed by atoms with Crippen LogP contribution in [0.15, 0.2) is 18.3 Å². The van der Waals surface area contributed by atoms with Crippen LogP contribution in [0.3, 0.4) is 0 Å². The maximum atomic E-state index is 13.4. The fourth-order valence-corrected chi connectivity index (χ4v) is 4.17. The van der Waals surface area contributed by atoms with E-state index in [0.29, 0.717) is 25.4 Å². The van der Waals surface area contributed by atoms with Crippen molar-refractivity contribution < 1.29 is 9.59 Å². The molecule has 2 rings (SSSR count). The summed E-state index contributed by atoms with van der Waals surface area (Å²) < 4.78 is 2.06. The van der Waals surface area contributed by atoms with E-state index in [1.54, 1.807) is 0 Å². The van der Waals surface area contributed by atoms with Gasteiger partial charge in [-0.1, -0.05) is 53.9 Å². The molecule has 0 bridgehead atoms. The Bertz CT molecular complexity index is 666. The van der Waals surface area contributed by atoms with Crippen molar-refractivity contribution in [1.82, 2.24) is 14.4 Å². The molecule has 1 fully saturated rings. The van der Waals surface area contributed by atoms with Crippen LogP contribution in [0.5, 0.6) is 0 Å². The van der Waals surface area contributed by atoms with Crippen molar-refractivity contribution >= 4 is 11.8 Å². The van der Waals surface area contributed by atoms with E-state index >= 15 is 0 Å². The van der Waals surface area contributed by atoms with E-state index in [0.717, 1.165) is 31.4 Å². The average molecular weight is 404 g/mol. The van der Waals surface area contributed by atoms with Crippen molar-refractivity contribution in [2.75, 3.05) is 13.1 Å². The van der Waals surface area contributed by atoms with E-state index in [1.165, 1.54) is 6.42 Å². The molecule has 1 aliphatic rings. The van der Waals surface area contributed by atoms with Crippen LogP contribution in [-0.2, 0) is 23.2 Å². The summed E-state index contributed by atoms with van der Waals surface area (Å²) in [5, 5.41) is 0. The first-order chi connectivity index (χ1) is 13.6. The number of amides is 2. The molecular formula is C24H41N3O2. The molecule has 1 heterocycles. The molecule has 1 aliphatic carbocycles. The second-order valence-corrected chi connectivity index (χ2v) is 10.3. The minimum Gasteiger partial charge on any atom is -0.353 e. The van der Waals surface area contributed by atoms with E-state index in [2.05, 4.69) is 45.3 Å². The Morgan fingerprint density at radius 2 is 1.79 bits per heavy atom. The van der Waals surface area contributed by atoms with Crippen LogP contribution in [0.4, 0.5) is 0 Å². The molecule has 0 saturated heterocycles. The number of aromatic nitrogens is 1. The summed E-state index contributed by atoms with van der Waals surface area (Å²) in [6, 6.07) is 4.28. The highest BCUT2D eigenvalue weighted by atomic mass is 16.2. The van der Waals surface area contributed by atoms with Gasteiger partial charge in [0.05, 0.1) is 6.54 Å². The van der Waals surface area contributed by atoms with Crippen LogP contribution >= 0.6 is 0 Å². The standard InChI is InChI=1S/C24H41N3O2/c1-19(2)16-26(17-21-13-10-14-25(21)6)23(29)18-27(20-11-8-7-9-12-20)22(28)15-24(3,4)5/h10,13-14,19-20H,7-9,11-12,15-18H2,1-6H3. The molecule has 0 N–H and O–H groups in total. The number of hydrogen-bond donors (Lipinski definition) is 0. The molecule has 0 atom stereocenters. The first kappa shape index (κ1) is 23.5. The Morgan fingerprint density at radius 3 is 2.31 bits per heavy atom. The van der Waals surface area contributed by atoms with Gasteiger partial charge in [0.25, 0.3) is 0 Å². The summed E-state index contributed by atoms with van der Waals surface area (Å²) in [4.78, 5) is 30.4. The molecule has 0 aromatic carbocycles. The summed E-state index contributed by atoms with van der Waals surface area (Å²) in [5.41, 5.74) is 1.04. The summed E-state index contributed by atoms with van der Waals surface area (Å²) in [6.07, 6.45) is 8.07. The van der Waals surface area contributed by atoms with Gasteiger partial charge in [-0.25, -0.2) is 0 Å². The molecule has 5 heteroatoms. The van der Waals surface area contributed by atoms with Gasteiger partial charge in [0.1, 0.15) is 6.54 Å². The molecule has 1 aromatic rings. The van der Waals surface area contributed by atoms with Crippen molar-refractivity contribution in [3.05, 3.63) is 24.0 Å². The summed E-state index contributed by atoms with van der Waals surface area (Å²) in [6.45, 7) is 12.0. The number of aryl methyl sites for hydroxylation is 1. The molecule has 29 heavy (non-hydrogen) atoms. The molecule has 5 nitrogen and oxygen atoms in total. The van der Waals surface area contributed by atoms with E-state index in [9.17, 15) is 9.59 Å². The van der Waals surface area contributed by atoms with E-state index < -0.39 is 0 Å². The predicted octanol–water partition coefficient (Wildman–Crippen LogP) is 4.61. The number of nitrogens with zero attached hydrogens (tertiary/aromatic N) is 3. The highest BCUT2D eigenvalue weighted by molar-refractivity contribution is 5.85. The fraction of sp³-hybridized carbons (Fsp3) is 0.750. The zero-order valence-corrected chi connectivity index (χ0v) is 19.4. The van der Waals surface area contributed by atoms with Gasteiger partial charge in [0.2, 0.25) is 11.8 Å².